The molecule has 1 heterocycles. The molecule has 0 radical (unpaired) electrons. The molecule has 0 spiro atoms. The maximum Gasteiger partial charge on any atom is 0.0946 e. The number of rotatable bonds is 5. The SMILES string of the molecule is CNC(Cc1nc(C)c(C)s1)C(C)C1CC1. The van der Waals surface area contributed by atoms with Crippen LogP contribution < -0.4 is 5.32 Å². The van der Waals surface area contributed by atoms with Crippen LogP contribution in [-0.2, 0) is 6.42 Å². The van der Waals surface area contributed by atoms with Gasteiger partial charge in [-0.3, -0.25) is 0 Å². The Morgan fingerprint density at radius 1 is 1.44 bits per heavy atom. The predicted octanol–water partition coefficient (Wildman–Crippen LogP) is 2.94. The van der Waals surface area contributed by atoms with Crippen molar-refractivity contribution >= 4 is 11.3 Å². The van der Waals surface area contributed by atoms with Crippen molar-refractivity contribution in [2.45, 2.75) is 46.1 Å². The Labute approximate surface area is 102 Å². The van der Waals surface area contributed by atoms with Crippen LogP contribution in [0.25, 0.3) is 0 Å². The van der Waals surface area contributed by atoms with Crippen molar-refractivity contribution in [1.82, 2.24) is 10.3 Å². The summed E-state index contributed by atoms with van der Waals surface area (Å²) < 4.78 is 0. The van der Waals surface area contributed by atoms with Crippen LogP contribution in [0.5, 0.6) is 0 Å². The van der Waals surface area contributed by atoms with Gasteiger partial charge < -0.3 is 5.32 Å². The molecule has 2 atom stereocenters. The van der Waals surface area contributed by atoms with Crippen LogP contribution in [-0.4, -0.2) is 18.1 Å². The second-order valence-electron chi connectivity index (χ2n) is 5.05. The third-order valence-electron chi connectivity index (χ3n) is 3.84. The number of likely N-dealkylation sites (N-methyl/N-ethyl adjacent to an activating group) is 1. The first-order valence-electron chi connectivity index (χ1n) is 6.22. The summed E-state index contributed by atoms with van der Waals surface area (Å²) in [4.78, 5) is 6.00. The molecule has 1 aliphatic carbocycles. The summed E-state index contributed by atoms with van der Waals surface area (Å²) in [5.74, 6) is 1.74. The highest BCUT2D eigenvalue weighted by Gasteiger charge is 2.33. The number of hydrogen-bond acceptors (Lipinski definition) is 3. The summed E-state index contributed by atoms with van der Waals surface area (Å²) in [6.07, 6.45) is 3.94. The summed E-state index contributed by atoms with van der Waals surface area (Å²) >= 11 is 1.86. The third-order valence-corrected chi connectivity index (χ3v) is 4.93. The molecule has 0 aliphatic heterocycles. The Bertz CT molecular complexity index is 335. The number of nitrogens with one attached hydrogen (secondary N) is 1. The van der Waals surface area contributed by atoms with E-state index >= 15 is 0 Å². The zero-order chi connectivity index (χ0) is 11.7. The van der Waals surface area contributed by atoms with Crippen LogP contribution in [0.1, 0.15) is 35.3 Å². The summed E-state index contributed by atoms with van der Waals surface area (Å²) in [6.45, 7) is 6.65. The molecular weight excluding hydrogens is 216 g/mol. The third kappa shape index (κ3) is 2.64. The van der Waals surface area contributed by atoms with Crippen molar-refractivity contribution < 1.29 is 0 Å². The van der Waals surface area contributed by atoms with E-state index < -0.39 is 0 Å². The van der Waals surface area contributed by atoms with Gasteiger partial charge in [-0.15, -0.1) is 11.3 Å². The van der Waals surface area contributed by atoms with E-state index in [2.05, 4.69) is 38.1 Å². The minimum Gasteiger partial charge on any atom is -0.316 e. The summed E-state index contributed by atoms with van der Waals surface area (Å²) in [6, 6.07) is 0.595. The van der Waals surface area contributed by atoms with Crippen molar-refractivity contribution in [3.63, 3.8) is 0 Å². The minimum atomic E-state index is 0.595. The Morgan fingerprint density at radius 2 is 2.12 bits per heavy atom. The van der Waals surface area contributed by atoms with E-state index in [1.165, 1.54) is 28.4 Å². The zero-order valence-electron chi connectivity index (χ0n) is 10.7. The van der Waals surface area contributed by atoms with Crippen molar-refractivity contribution in [1.29, 1.82) is 0 Å². The second-order valence-corrected chi connectivity index (χ2v) is 6.33. The molecule has 0 amide bonds. The van der Waals surface area contributed by atoms with Gasteiger partial charge in [0.25, 0.3) is 0 Å². The first-order valence-corrected chi connectivity index (χ1v) is 7.03. The normalized spacial score (nSPS) is 19.8. The fourth-order valence-electron chi connectivity index (χ4n) is 2.32. The highest BCUT2D eigenvalue weighted by Crippen LogP contribution is 2.39. The molecule has 2 nitrogen and oxygen atoms in total. The van der Waals surface area contributed by atoms with Gasteiger partial charge in [-0.25, -0.2) is 4.98 Å². The van der Waals surface area contributed by atoms with Crippen LogP contribution in [0.15, 0.2) is 0 Å². The number of aryl methyl sites for hydroxylation is 2. The Kier molecular flexibility index (Phi) is 3.65. The summed E-state index contributed by atoms with van der Waals surface area (Å²) in [5.41, 5.74) is 1.20. The van der Waals surface area contributed by atoms with Gasteiger partial charge in [0.15, 0.2) is 0 Å². The molecule has 1 aromatic heterocycles. The van der Waals surface area contributed by atoms with E-state index in [4.69, 9.17) is 0 Å². The molecule has 90 valence electrons. The number of thiazole rings is 1. The topological polar surface area (TPSA) is 24.9 Å². The number of hydrogen-bond donors (Lipinski definition) is 1. The lowest BCUT2D eigenvalue weighted by atomic mass is 9.94. The van der Waals surface area contributed by atoms with Gasteiger partial charge in [0, 0.05) is 17.3 Å². The van der Waals surface area contributed by atoms with Crippen LogP contribution in [0.4, 0.5) is 0 Å². The highest BCUT2D eigenvalue weighted by atomic mass is 32.1. The van der Waals surface area contributed by atoms with Crippen molar-refractivity contribution in [2.75, 3.05) is 7.05 Å². The molecule has 2 rings (SSSR count). The van der Waals surface area contributed by atoms with Crippen LogP contribution in [0.2, 0.25) is 0 Å². The quantitative estimate of drug-likeness (QED) is 0.853. The molecule has 1 saturated carbocycles. The van der Waals surface area contributed by atoms with Crippen LogP contribution >= 0.6 is 11.3 Å². The Balaban J connectivity index is 2.00. The first kappa shape index (κ1) is 12.1. The van der Waals surface area contributed by atoms with Gasteiger partial charge in [-0.2, -0.15) is 0 Å². The Morgan fingerprint density at radius 3 is 2.56 bits per heavy atom. The average molecular weight is 238 g/mol. The van der Waals surface area contributed by atoms with E-state index in [0.29, 0.717) is 6.04 Å². The van der Waals surface area contributed by atoms with Gasteiger partial charge in [0.2, 0.25) is 0 Å². The van der Waals surface area contributed by atoms with E-state index in [9.17, 15) is 0 Å². The summed E-state index contributed by atoms with van der Waals surface area (Å²) in [7, 11) is 2.08. The lowest BCUT2D eigenvalue weighted by molar-refractivity contribution is 0.357. The standard InChI is InChI=1S/C13H22N2S/c1-8(11-5-6-11)12(14-4)7-13-15-9(2)10(3)16-13/h8,11-12,14H,5-7H2,1-4H3. The molecule has 0 aromatic carbocycles. The van der Waals surface area contributed by atoms with Gasteiger partial charge in [0.1, 0.15) is 0 Å². The van der Waals surface area contributed by atoms with Crippen molar-refractivity contribution in [3.8, 4) is 0 Å². The highest BCUT2D eigenvalue weighted by molar-refractivity contribution is 7.11. The van der Waals surface area contributed by atoms with Crippen LogP contribution in [0, 0.1) is 25.7 Å². The molecule has 16 heavy (non-hydrogen) atoms. The first-order chi connectivity index (χ1) is 7.61. The van der Waals surface area contributed by atoms with E-state index in [1.54, 1.807) is 0 Å². The smallest absolute Gasteiger partial charge is 0.0946 e. The van der Waals surface area contributed by atoms with Gasteiger partial charge in [0.05, 0.1) is 10.7 Å². The molecule has 2 unspecified atom stereocenters. The average Bonchev–Trinajstić information content (AvgIpc) is 3.03. The van der Waals surface area contributed by atoms with Crippen molar-refractivity contribution in [2.24, 2.45) is 11.8 Å². The maximum absolute atomic E-state index is 4.64. The molecule has 1 N–H and O–H groups in total. The second kappa shape index (κ2) is 4.84. The van der Waals surface area contributed by atoms with Crippen molar-refractivity contribution in [3.05, 3.63) is 15.6 Å². The van der Waals surface area contributed by atoms with E-state index in [-0.39, 0.29) is 0 Å². The number of nitrogens with zero attached hydrogens (tertiary/aromatic N) is 1. The molecule has 0 saturated heterocycles. The molecular formula is C13H22N2S. The maximum atomic E-state index is 4.64. The molecule has 1 aromatic rings. The van der Waals surface area contributed by atoms with E-state index in [1.807, 2.05) is 11.3 Å². The molecule has 1 aliphatic rings. The lowest BCUT2D eigenvalue weighted by Crippen LogP contribution is -2.35. The fourth-order valence-corrected chi connectivity index (χ4v) is 3.31. The predicted molar refractivity (Wildman–Crippen MR) is 70.0 cm³/mol. The monoisotopic (exact) mass is 238 g/mol. The number of aromatic nitrogens is 1. The van der Waals surface area contributed by atoms with E-state index in [0.717, 1.165) is 18.3 Å². The molecule has 0 bridgehead atoms. The zero-order valence-corrected chi connectivity index (χ0v) is 11.5. The van der Waals surface area contributed by atoms with Gasteiger partial charge >= 0.3 is 0 Å². The fraction of sp³-hybridized carbons (Fsp3) is 0.769. The Hall–Kier alpha value is -0.410. The van der Waals surface area contributed by atoms with Gasteiger partial charge in [-0.1, -0.05) is 6.92 Å². The summed E-state index contributed by atoms with van der Waals surface area (Å²) in [5, 5.41) is 4.76. The lowest BCUT2D eigenvalue weighted by Gasteiger charge is -2.22. The van der Waals surface area contributed by atoms with Crippen LogP contribution in [0.3, 0.4) is 0 Å². The van der Waals surface area contributed by atoms with Gasteiger partial charge in [-0.05, 0) is 45.6 Å². The minimum absolute atomic E-state index is 0.595. The largest absolute Gasteiger partial charge is 0.316 e. The molecule has 1 fully saturated rings. The molecule has 3 heteroatoms.